The van der Waals surface area contributed by atoms with Gasteiger partial charge in [-0.1, -0.05) is 57.6 Å². The zero-order valence-electron chi connectivity index (χ0n) is 22.8. The van der Waals surface area contributed by atoms with Crippen LogP contribution < -0.4 is 24.4 Å². The summed E-state index contributed by atoms with van der Waals surface area (Å²) in [6, 6.07) is 18.1. The first-order valence-electron chi connectivity index (χ1n) is 12.8. The Morgan fingerprint density at radius 2 is 1.95 bits per heavy atom. The maximum Gasteiger partial charge on any atom is 0.338 e. The van der Waals surface area contributed by atoms with Crippen LogP contribution in [0.25, 0.3) is 16.8 Å². The summed E-state index contributed by atoms with van der Waals surface area (Å²) in [5.74, 6) is 0.445. The molecule has 4 aromatic rings. The fourth-order valence-corrected chi connectivity index (χ4v) is 6.27. The number of benzene rings is 3. The van der Waals surface area contributed by atoms with Gasteiger partial charge in [-0.25, -0.2) is 9.79 Å². The van der Waals surface area contributed by atoms with Gasteiger partial charge in [-0.05, 0) is 61.9 Å². The third-order valence-electron chi connectivity index (χ3n) is 6.57. The molecule has 0 unspecified atom stereocenters. The number of nitrogens with zero attached hydrogens (tertiary/aromatic N) is 3. The minimum atomic E-state index is -0.839. The van der Waals surface area contributed by atoms with Crippen LogP contribution in [0.3, 0.4) is 0 Å². The summed E-state index contributed by atoms with van der Waals surface area (Å²) in [7, 11) is 1.54. The molecule has 0 saturated heterocycles. The maximum absolute atomic E-state index is 14.2. The number of carbonyl (C=O) groups is 1. The molecule has 0 radical (unpaired) electrons. The van der Waals surface area contributed by atoms with Gasteiger partial charge in [0.15, 0.2) is 11.4 Å². The van der Waals surface area contributed by atoms with Crippen molar-refractivity contribution in [3.8, 4) is 17.6 Å². The van der Waals surface area contributed by atoms with E-state index in [1.807, 2.05) is 48.5 Å². The molecular weight excluding hydrogens is 606 g/mol. The van der Waals surface area contributed by atoms with Crippen LogP contribution >= 0.6 is 27.3 Å². The lowest BCUT2D eigenvalue weighted by Crippen LogP contribution is -2.40. The Labute approximate surface area is 248 Å². The molecule has 0 bridgehead atoms. The van der Waals surface area contributed by atoms with Gasteiger partial charge in [0.1, 0.15) is 23.6 Å². The van der Waals surface area contributed by atoms with Crippen molar-refractivity contribution in [2.24, 2.45) is 4.99 Å². The molecule has 0 saturated carbocycles. The Morgan fingerprint density at radius 3 is 2.68 bits per heavy atom. The lowest BCUT2D eigenvalue weighted by Gasteiger charge is -2.26. The minimum absolute atomic E-state index is 0.135. The van der Waals surface area contributed by atoms with E-state index in [1.54, 1.807) is 46.1 Å². The van der Waals surface area contributed by atoms with Gasteiger partial charge in [0, 0.05) is 15.6 Å². The fourth-order valence-electron chi connectivity index (χ4n) is 4.86. The predicted octanol–water partition coefficient (Wildman–Crippen LogP) is 5.01. The van der Waals surface area contributed by atoms with Crippen LogP contribution in [0.4, 0.5) is 0 Å². The number of halogens is 1. The van der Waals surface area contributed by atoms with E-state index in [4.69, 9.17) is 19.5 Å². The molecule has 1 aliphatic heterocycles. The Bertz CT molecular complexity index is 1930. The first-order chi connectivity index (χ1) is 19.7. The number of hydrogen-bond donors (Lipinski definition) is 0. The molecular formula is C31H26BrN3O5S. The van der Waals surface area contributed by atoms with Crippen LogP contribution in [0.2, 0.25) is 0 Å². The van der Waals surface area contributed by atoms with Crippen molar-refractivity contribution in [1.29, 1.82) is 5.26 Å². The number of ether oxygens (including phenoxy) is 3. The monoisotopic (exact) mass is 631 g/mol. The highest BCUT2D eigenvalue weighted by molar-refractivity contribution is 9.10. The van der Waals surface area contributed by atoms with E-state index in [2.05, 4.69) is 20.9 Å². The summed E-state index contributed by atoms with van der Waals surface area (Å²) in [5, 5.41) is 11.0. The van der Waals surface area contributed by atoms with E-state index in [-0.39, 0.29) is 23.8 Å². The summed E-state index contributed by atoms with van der Waals surface area (Å²) in [4.78, 5) is 32.8. The van der Waals surface area contributed by atoms with E-state index in [0.717, 1.165) is 15.2 Å². The number of hydrogen-bond acceptors (Lipinski definition) is 8. The van der Waals surface area contributed by atoms with Gasteiger partial charge >= 0.3 is 5.97 Å². The molecule has 2 heterocycles. The number of aromatic nitrogens is 1. The number of esters is 1. The second-order valence-electron chi connectivity index (χ2n) is 9.57. The van der Waals surface area contributed by atoms with Gasteiger partial charge in [-0.3, -0.25) is 9.36 Å². The third kappa shape index (κ3) is 5.43. The Kier molecular flexibility index (Phi) is 8.10. The molecule has 41 heavy (non-hydrogen) atoms. The first-order valence-corrected chi connectivity index (χ1v) is 14.4. The average molecular weight is 633 g/mol. The number of methoxy groups -OCH3 is 1. The van der Waals surface area contributed by atoms with E-state index < -0.39 is 12.0 Å². The molecule has 208 valence electrons. The molecule has 3 aromatic carbocycles. The van der Waals surface area contributed by atoms with Gasteiger partial charge < -0.3 is 14.2 Å². The van der Waals surface area contributed by atoms with Crippen molar-refractivity contribution in [2.75, 3.05) is 13.7 Å². The van der Waals surface area contributed by atoms with Gasteiger partial charge in [-0.2, -0.15) is 5.26 Å². The van der Waals surface area contributed by atoms with Crippen LogP contribution in [0, 0.1) is 11.3 Å². The highest BCUT2D eigenvalue weighted by atomic mass is 79.9. The smallest absolute Gasteiger partial charge is 0.338 e. The van der Waals surface area contributed by atoms with Crippen LogP contribution in [-0.2, 0) is 9.53 Å². The lowest BCUT2D eigenvalue weighted by atomic mass is 9.95. The molecule has 0 N–H and O–H groups in total. The lowest BCUT2D eigenvalue weighted by molar-refractivity contribution is -0.143. The SMILES string of the molecule is COc1ccc(Br)cc1[C@@H]1C(C(=O)OC(C)C)=C(C)N=c2s/c(=C\c3c(OCC#N)ccc4ccccc34)c(=O)n21. The van der Waals surface area contributed by atoms with Crippen molar-refractivity contribution >= 4 is 50.1 Å². The standard InChI is InChI=1S/C31H26BrN3O5S/c1-17(2)40-30(37)27-18(3)34-31-35(28(27)23-15-20(32)10-12-24(23)38-4)29(36)26(41-31)16-22-21-8-6-5-7-19(21)9-11-25(22)39-14-13-33/h5-12,15-17,28H,14H2,1-4H3/b26-16-/t28-/m1/s1. The van der Waals surface area contributed by atoms with Crippen molar-refractivity contribution in [2.45, 2.75) is 32.9 Å². The fraction of sp³-hybridized carbons (Fsp3) is 0.226. The van der Waals surface area contributed by atoms with E-state index in [1.165, 1.54) is 15.9 Å². The Balaban J connectivity index is 1.80. The summed E-state index contributed by atoms with van der Waals surface area (Å²) < 4.78 is 19.7. The van der Waals surface area contributed by atoms with Gasteiger partial charge in [0.2, 0.25) is 0 Å². The number of allylic oxidation sites excluding steroid dienone is 1. The topological polar surface area (TPSA) is 103 Å². The summed E-state index contributed by atoms with van der Waals surface area (Å²) in [6.07, 6.45) is 1.40. The van der Waals surface area contributed by atoms with E-state index >= 15 is 0 Å². The molecule has 0 aliphatic carbocycles. The highest BCUT2D eigenvalue weighted by Gasteiger charge is 2.35. The van der Waals surface area contributed by atoms with Crippen LogP contribution in [0.1, 0.15) is 37.9 Å². The molecule has 1 atom stereocenters. The number of thiazole rings is 1. The van der Waals surface area contributed by atoms with Crippen LogP contribution in [-0.4, -0.2) is 30.4 Å². The first kappa shape index (κ1) is 28.3. The normalized spacial score (nSPS) is 15.0. The van der Waals surface area contributed by atoms with Crippen LogP contribution in [0.5, 0.6) is 11.5 Å². The third-order valence-corrected chi connectivity index (χ3v) is 8.05. The largest absolute Gasteiger partial charge is 0.496 e. The quantitative estimate of drug-likeness (QED) is 0.266. The van der Waals surface area contributed by atoms with Gasteiger partial charge in [-0.15, -0.1) is 0 Å². The van der Waals surface area contributed by atoms with Gasteiger partial charge in [0.05, 0.1) is 29.0 Å². The van der Waals surface area contributed by atoms with Crippen molar-refractivity contribution in [3.05, 3.63) is 101 Å². The van der Waals surface area contributed by atoms with Crippen molar-refractivity contribution < 1.29 is 19.0 Å². The molecule has 0 amide bonds. The molecule has 1 aliphatic rings. The summed E-state index contributed by atoms with van der Waals surface area (Å²) >= 11 is 4.74. The Hall–Kier alpha value is -4.20. The van der Waals surface area contributed by atoms with E-state index in [9.17, 15) is 9.59 Å². The maximum atomic E-state index is 14.2. The molecule has 5 rings (SSSR count). The Morgan fingerprint density at radius 1 is 1.20 bits per heavy atom. The number of carbonyl (C=O) groups excluding carboxylic acids is 1. The summed E-state index contributed by atoms with van der Waals surface area (Å²) in [6.45, 7) is 5.15. The summed E-state index contributed by atoms with van der Waals surface area (Å²) in [5.41, 5.74) is 1.68. The van der Waals surface area contributed by atoms with Crippen molar-refractivity contribution in [1.82, 2.24) is 4.57 Å². The molecule has 1 aromatic heterocycles. The zero-order chi connectivity index (χ0) is 29.3. The molecule has 8 nitrogen and oxygen atoms in total. The second kappa shape index (κ2) is 11.7. The van der Waals surface area contributed by atoms with Gasteiger partial charge in [0.25, 0.3) is 5.56 Å². The van der Waals surface area contributed by atoms with Crippen LogP contribution in [0.15, 0.2) is 80.1 Å². The molecule has 0 spiro atoms. The second-order valence-corrected chi connectivity index (χ2v) is 11.5. The predicted molar refractivity (Wildman–Crippen MR) is 161 cm³/mol. The number of rotatable bonds is 7. The van der Waals surface area contributed by atoms with E-state index in [0.29, 0.717) is 37.7 Å². The number of nitriles is 1. The zero-order valence-corrected chi connectivity index (χ0v) is 25.2. The highest BCUT2D eigenvalue weighted by Crippen LogP contribution is 2.37. The van der Waals surface area contributed by atoms with Crippen molar-refractivity contribution in [3.63, 3.8) is 0 Å². The number of fused-ring (bicyclic) bond motifs is 2. The minimum Gasteiger partial charge on any atom is -0.496 e. The molecule has 10 heteroatoms. The average Bonchev–Trinajstić information content (AvgIpc) is 3.25. The molecule has 0 fully saturated rings.